The van der Waals surface area contributed by atoms with Gasteiger partial charge in [-0.05, 0) is 17.9 Å². The second kappa shape index (κ2) is 7.27. The molecule has 0 saturated heterocycles. The number of rotatable bonds is 7. The molecule has 3 nitrogen and oxygen atoms in total. The van der Waals surface area contributed by atoms with E-state index in [1.165, 1.54) is 5.56 Å². The number of nitrogens with two attached hydrogens (primary N) is 1. The van der Waals surface area contributed by atoms with Gasteiger partial charge >= 0.3 is 0 Å². The van der Waals surface area contributed by atoms with Crippen LogP contribution in [0.5, 0.6) is 0 Å². The smallest absolute Gasteiger partial charge is 0.207 e. The predicted octanol–water partition coefficient (Wildman–Crippen LogP) is 2.77. The Bertz CT molecular complexity index is 362. The summed E-state index contributed by atoms with van der Waals surface area (Å²) in [6.45, 7) is 6.64. The van der Waals surface area contributed by atoms with Gasteiger partial charge < -0.3 is 5.73 Å². The van der Waals surface area contributed by atoms with Gasteiger partial charge in [0.15, 0.2) is 0 Å². The maximum atomic E-state index is 12.0. The van der Waals surface area contributed by atoms with Crippen molar-refractivity contribution in [3.05, 3.63) is 40.8 Å². The monoisotopic (exact) mass is 249 g/mol. The minimum atomic E-state index is -0.0271. The first-order chi connectivity index (χ1) is 8.49. The molecule has 0 aliphatic rings. The fraction of sp³-hybridized carbons (Fsp3) is 0.600. The van der Waals surface area contributed by atoms with Crippen LogP contribution in [0.1, 0.15) is 32.8 Å². The summed E-state index contributed by atoms with van der Waals surface area (Å²) in [7, 11) is 0. The standard InChI is InChI=1S/C15H25N2O/c1-12(2)9-15(16)11-17(18)13(3)10-14-7-5-4-6-8-14/h4-8,12-13,15H,9-11,16H2,1-3H3/q+1. The van der Waals surface area contributed by atoms with E-state index in [4.69, 9.17) is 5.73 Å². The van der Waals surface area contributed by atoms with Crippen LogP contribution in [0.4, 0.5) is 0 Å². The SMILES string of the molecule is CC(C)CC(N)C[N+](=O)C(C)Cc1ccccc1. The van der Waals surface area contributed by atoms with Crippen molar-refractivity contribution >= 4 is 0 Å². The van der Waals surface area contributed by atoms with Gasteiger partial charge in [0.1, 0.15) is 0 Å². The van der Waals surface area contributed by atoms with Crippen molar-refractivity contribution in [2.24, 2.45) is 11.7 Å². The number of hydrogen-bond acceptors (Lipinski definition) is 2. The molecule has 0 aliphatic heterocycles. The van der Waals surface area contributed by atoms with E-state index >= 15 is 0 Å². The quantitative estimate of drug-likeness (QED) is 0.755. The molecule has 1 aromatic rings. The Labute approximate surface area is 110 Å². The maximum Gasteiger partial charge on any atom is 0.207 e. The van der Waals surface area contributed by atoms with Crippen LogP contribution in [0.15, 0.2) is 30.3 Å². The van der Waals surface area contributed by atoms with Crippen LogP contribution in [0, 0.1) is 10.8 Å². The van der Waals surface area contributed by atoms with Crippen molar-refractivity contribution in [3.8, 4) is 0 Å². The molecule has 1 aromatic carbocycles. The lowest BCUT2D eigenvalue weighted by atomic mass is 10.0. The summed E-state index contributed by atoms with van der Waals surface area (Å²) in [6.07, 6.45) is 1.68. The molecular weight excluding hydrogens is 224 g/mol. The van der Waals surface area contributed by atoms with E-state index < -0.39 is 0 Å². The van der Waals surface area contributed by atoms with Gasteiger partial charge in [0.25, 0.3) is 0 Å². The van der Waals surface area contributed by atoms with E-state index in [0.717, 1.165) is 17.6 Å². The molecule has 0 heterocycles. The number of nitrogens with zero attached hydrogens (tertiary/aromatic N) is 1. The molecule has 3 heteroatoms. The maximum absolute atomic E-state index is 12.0. The normalized spacial score (nSPS) is 14.5. The summed E-state index contributed by atoms with van der Waals surface area (Å²) in [5.41, 5.74) is 7.16. The third kappa shape index (κ3) is 5.41. The van der Waals surface area contributed by atoms with Gasteiger partial charge in [0.05, 0.1) is 6.04 Å². The minimum Gasteiger partial charge on any atom is -0.322 e. The lowest BCUT2D eigenvalue weighted by molar-refractivity contribution is -0.584. The van der Waals surface area contributed by atoms with Gasteiger partial charge in [-0.15, -0.1) is 0 Å². The average Bonchev–Trinajstić information content (AvgIpc) is 2.28. The zero-order valence-corrected chi connectivity index (χ0v) is 11.7. The van der Waals surface area contributed by atoms with Crippen LogP contribution in [0.2, 0.25) is 0 Å². The van der Waals surface area contributed by atoms with E-state index in [0.29, 0.717) is 12.5 Å². The van der Waals surface area contributed by atoms with Crippen molar-refractivity contribution in [1.29, 1.82) is 0 Å². The van der Waals surface area contributed by atoms with Gasteiger partial charge in [-0.3, -0.25) is 0 Å². The molecule has 0 amide bonds. The minimum absolute atomic E-state index is 0.0226. The average molecular weight is 249 g/mol. The summed E-state index contributed by atoms with van der Waals surface area (Å²) in [4.78, 5) is 12.0. The molecule has 2 atom stereocenters. The summed E-state index contributed by atoms with van der Waals surface area (Å²) < 4.78 is 1.13. The van der Waals surface area contributed by atoms with E-state index in [-0.39, 0.29) is 12.1 Å². The van der Waals surface area contributed by atoms with E-state index in [1.54, 1.807) is 0 Å². The van der Waals surface area contributed by atoms with Crippen molar-refractivity contribution in [2.45, 2.75) is 45.7 Å². The van der Waals surface area contributed by atoms with Crippen molar-refractivity contribution in [2.75, 3.05) is 6.54 Å². The fourth-order valence-electron chi connectivity index (χ4n) is 2.15. The summed E-state index contributed by atoms with van der Waals surface area (Å²) in [5.74, 6) is 0.540. The first-order valence-electron chi connectivity index (χ1n) is 6.72. The number of hydrogen-bond donors (Lipinski definition) is 1. The zero-order chi connectivity index (χ0) is 13.5. The highest BCUT2D eigenvalue weighted by atomic mass is 16.3. The summed E-state index contributed by atoms with van der Waals surface area (Å²) in [6, 6.07) is 10.0. The Hall–Kier alpha value is -1.22. The topological polar surface area (TPSA) is 46.1 Å². The van der Waals surface area contributed by atoms with Crippen LogP contribution in [-0.2, 0) is 6.42 Å². The van der Waals surface area contributed by atoms with Gasteiger partial charge in [0.2, 0.25) is 12.6 Å². The molecule has 100 valence electrons. The summed E-state index contributed by atoms with van der Waals surface area (Å²) in [5, 5.41) is 0. The molecule has 2 unspecified atom stereocenters. The fourth-order valence-corrected chi connectivity index (χ4v) is 2.15. The highest BCUT2D eigenvalue weighted by Crippen LogP contribution is 2.07. The summed E-state index contributed by atoms with van der Waals surface area (Å²) >= 11 is 0. The third-order valence-electron chi connectivity index (χ3n) is 3.05. The van der Waals surface area contributed by atoms with Crippen molar-refractivity contribution in [1.82, 2.24) is 0 Å². The van der Waals surface area contributed by atoms with E-state index in [9.17, 15) is 4.91 Å². The molecule has 0 radical (unpaired) electrons. The first-order valence-corrected chi connectivity index (χ1v) is 6.72. The molecule has 0 spiro atoms. The lowest BCUT2D eigenvalue weighted by Crippen LogP contribution is -2.36. The molecule has 2 N–H and O–H groups in total. The first kappa shape index (κ1) is 14.8. The second-order valence-corrected chi connectivity index (χ2v) is 5.53. The highest BCUT2D eigenvalue weighted by molar-refractivity contribution is 5.15. The van der Waals surface area contributed by atoms with Crippen LogP contribution >= 0.6 is 0 Å². The number of nitroso groups, excluding NO2 is 1. The Morgan fingerprint density at radius 3 is 2.33 bits per heavy atom. The largest absolute Gasteiger partial charge is 0.322 e. The molecule has 0 aromatic heterocycles. The Balaban J connectivity index is 2.42. The predicted molar refractivity (Wildman–Crippen MR) is 75.5 cm³/mol. The van der Waals surface area contributed by atoms with Gasteiger partial charge in [0, 0.05) is 23.0 Å². The lowest BCUT2D eigenvalue weighted by Gasteiger charge is -2.11. The molecule has 18 heavy (non-hydrogen) atoms. The Morgan fingerprint density at radius 1 is 1.17 bits per heavy atom. The van der Waals surface area contributed by atoms with E-state index in [1.807, 2.05) is 25.1 Å². The Morgan fingerprint density at radius 2 is 1.78 bits per heavy atom. The van der Waals surface area contributed by atoms with Gasteiger partial charge in [-0.1, -0.05) is 44.2 Å². The van der Waals surface area contributed by atoms with Crippen LogP contribution in [-0.4, -0.2) is 23.4 Å². The molecule has 0 aliphatic carbocycles. The van der Waals surface area contributed by atoms with E-state index in [2.05, 4.69) is 26.0 Å². The molecule has 0 bridgehead atoms. The molecule has 0 fully saturated rings. The molecular formula is C15H25N2O+. The van der Waals surface area contributed by atoms with Crippen LogP contribution in [0.3, 0.4) is 0 Å². The molecule has 0 saturated carbocycles. The Kier molecular flexibility index (Phi) is 5.99. The zero-order valence-electron chi connectivity index (χ0n) is 11.7. The third-order valence-corrected chi connectivity index (χ3v) is 3.05. The van der Waals surface area contributed by atoms with Gasteiger partial charge in [-0.2, -0.15) is 0 Å². The second-order valence-electron chi connectivity index (χ2n) is 5.53. The van der Waals surface area contributed by atoms with Crippen LogP contribution in [0.25, 0.3) is 0 Å². The van der Waals surface area contributed by atoms with Crippen LogP contribution < -0.4 is 5.73 Å². The highest BCUT2D eigenvalue weighted by Gasteiger charge is 2.23. The van der Waals surface area contributed by atoms with Gasteiger partial charge in [-0.25, -0.2) is 0 Å². The van der Waals surface area contributed by atoms with Crippen molar-refractivity contribution < 1.29 is 4.76 Å². The van der Waals surface area contributed by atoms with Crippen molar-refractivity contribution in [3.63, 3.8) is 0 Å². The molecule has 1 rings (SSSR count). The number of benzene rings is 1.